The number of anilines is 1. The summed E-state index contributed by atoms with van der Waals surface area (Å²) in [6.45, 7) is 0.688. The number of benzene rings is 2. The molecular formula is C20H14Cl4FN5O2. The number of hydrogen-bond acceptors (Lipinski definition) is 3. The third-order valence-electron chi connectivity index (χ3n) is 4.88. The molecule has 1 aliphatic rings. The zero-order valence-corrected chi connectivity index (χ0v) is 19.2. The van der Waals surface area contributed by atoms with Gasteiger partial charge in [-0.1, -0.05) is 46.4 Å². The van der Waals surface area contributed by atoms with Crippen molar-refractivity contribution in [2.24, 2.45) is 5.73 Å². The fraction of sp³-hybridized carbons (Fsp3) is 0.150. The smallest absolute Gasteiger partial charge is 0.322 e. The summed E-state index contributed by atoms with van der Waals surface area (Å²) in [6, 6.07) is 6.89. The number of carbonyl (C=O) groups is 2. The zero-order valence-electron chi connectivity index (χ0n) is 16.1. The maximum Gasteiger partial charge on any atom is 0.322 e. The van der Waals surface area contributed by atoms with Crippen molar-refractivity contribution in [1.29, 1.82) is 0 Å². The van der Waals surface area contributed by atoms with Gasteiger partial charge in [0.05, 0.1) is 34.4 Å². The summed E-state index contributed by atoms with van der Waals surface area (Å²) in [5.41, 5.74) is 7.14. The lowest BCUT2D eigenvalue weighted by Crippen LogP contribution is -2.41. The number of nitrogens with two attached hydrogens (primary N) is 1. The molecule has 0 spiro atoms. The molecule has 0 unspecified atom stereocenters. The monoisotopic (exact) mass is 515 g/mol. The number of amides is 3. The van der Waals surface area contributed by atoms with Crippen LogP contribution in [0.3, 0.4) is 0 Å². The lowest BCUT2D eigenvalue weighted by atomic mass is 10.0. The Morgan fingerprint density at radius 2 is 1.62 bits per heavy atom. The molecule has 0 saturated carbocycles. The maximum absolute atomic E-state index is 13.8. The molecule has 3 N–H and O–H groups in total. The molecule has 0 bridgehead atoms. The summed E-state index contributed by atoms with van der Waals surface area (Å²) in [6.07, 6.45) is 0. The van der Waals surface area contributed by atoms with Crippen LogP contribution in [0.4, 0.5) is 14.9 Å². The van der Waals surface area contributed by atoms with Crippen LogP contribution in [-0.2, 0) is 13.1 Å². The van der Waals surface area contributed by atoms with Crippen molar-refractivity contribution in [2.75, 3.05) is 11.9 Å². The van der Waals surface area contributed by atoms with Crippen LogP contribution in [0, 0.1) is 5.82 Å². The molecule has 12 heteroatoms. The Morgan fingerprint density at radius 1 is 1.00 bits per heavy atom. The Balaban J connectivity index is 1.66. The number of hydrogen-bond donors (Lipinski definition) is 2. The van der Waals surface area contributed by atoms with Crippen LogP contribution in [0.5, 0.6) is 0 Å². The van der Waals surface area contributed by atoms with Gasteiger partial charge in [-0.3, -0.25) is 9.48 Å². The number of nitrogens with zero attached hydrogens (tertiary/aromatic N) is 3. The Kier molecular flexibility index (Phi) is 6.22. The molecule has 0 radical (unpaired) electrons. The number of halogens is 5. The largest absolute Gasteiger partial charge is 0.365 e. The van der Waals surface area contributed by atoms with E-state index < -0.39 is 17.8 Å². The summed E-state index contributed by atoms with van der Waals surface area (Å²) in [4.78, 5) is 26.6. The second-order valence-electron chi connectivity index (χ2n) is 7.02. The van der Waals surface area contributed by atoms with Gasteiger partial charge in [0.15, 0.2) is 5.82 Å². The van der Waals surface area contributed by atoms with Gasteiger partial charge in [0, 0.05) is 27.8 Å². The fourth-order valence-electron chi connectivity index (χ4n) is 3.47. The second-order valence-corrected chi connectivity index (χ2v) is 8.71. The molecule has 2 heterocycles. The number of fused-ring (bicyclic) bond motifs is 1. The van der Waals surface area contributed by atoms with Crippen LogP contribution < -0.4 is 11.1 Å². The molecule has 1 aromatic heterocycles. The van der Waals surface area contributed by atoms with Crippen LogP contribution in [0.2, 0.25) is 20.1 Å². The van der Waals surface area contributed by atoms with Gasteiger partial charge in [-0.05, 0) is 30.3 Å². The summed E-state index contributed by atoms with van der Waals surface area (Å²) in [5, 5.41) is 7.49. The molecule has 3 amide bonds. The highest BCUT2D eigenvalue weighted by Crippen LogP contribution is 2.34. The SMILES string of the molecule is NC(=O)c1c(-c2cc(Cl)c(F)c(Cl)c2)nn2c1CN(C(=O)Nc1cc(Cl)cc(Cl)c1)CC2. The number of aromatic nitrogens is 2. The van der Waals surface area contributed by atoms with Crippen molar-refractivity contribution in [3.63, 3.8) is 0 Å². The highest BCUT2D eigenvalue weighted by molar-refractivity contribution is 6.35. The molecule has 7 nitrogen and oxygen atoms in total. The zero-order chi connectivity index (χ0) is 23.2. The van der Waals surface area contributed by atoms with Gasteiger partial charge in [0.2, 0.25) is 0 Å². The lowest BCUT2D eigenvalue weighted by molar-refractivity contribution is 0.0997. The fourth-order valence-corrected chi connectivity index (χ4v) is 4.49. The van der Waals surface area contributed by atoms with E-state index in [2.05, 4.69) is 10.4 Å². The van der Waals surface area contributed by atoms with Crippen molar-refractivity contribution >= 4 is 64.0 Å². The molecule has 0 saturated heterocycles. The number of nitrogens with one attached hydrogen (secondary N) is 1. The van der Waals surface area contributed by atoms with Gasteiger partial charge >= 0.3 is 6.03 Å². The topological polar surface area (TPSA) is 93.2 Å². The van der Waals surface area contributed by atoms with Crippen molar-refractivity contribution in [1.82, 2.24) is 14.7 Å². The molecule has 3 aromatic rings. The number of carbonyl (C=O) groups excluding carboxylic acids is 2. The second kappa shape index (κ2) is 8.78. The number of urea groups is 1. The molecular weight excluding hydrogens is 503 g/mol. The first-order chi connectivity index (χ1) is 15.1. The van der Waals surface area contributed by atoms with E-state index in [4.69, 9.17) is 52.1 Å². The standard InChI is InChI=1S/C20H14Cl4FN5O2/c21-10-5-11(22)7-12(6-10)27-20(32)29-1-2-30-15(8-29)16(19(26)31)18(28-30)9-3-13(23)17(25)14(24)4-9/h3-7H,1-2,8H2,(H2,26,31)(H,27,32). The third-order valence-corrected chi connectivity index (χ3v) is 5.87. The number of rotatable bonds is 3. The Bertz CT molecular complexity index is 1220. The normalized spacial score (nSPS) is 13.1. The van der Waals surface area contributed by atoms with Gasteiger partial charge in [-0.15, -0.1) is 0 Å². The molecule has 0 aliphatic carbocycles. The highest BCUT2D eigenvalue weighted by Gasteiger charge is 2.30. The minimum Gasteiger partial charge on any atom is -0.365 e. The molecule has 1 aliphatic heterocycles. The predicted octanol–water partition coefficient (Wildman–Crippen LogP) is 5.45. The summed E-state index contributed by atoms with van der Waals surface area (Å²) >= 11 is 23.8. The van der Waals surface area contributed by atoms with Crippen LogP contribution in [0.15, 0.2) is 30.3 Å². The highest BCUT2D eigenvalue weighted by atomic mass is 35.5. The van der Waals surface area contributed by atoms with Crippen molar-refractivity contribution in [3.05, 3.63) is 67.5 Å². The molecule has 4 rings (SSSR count). The van der Waals surface area contributed by atoms with Gasteiger partial charge in [0.1, 0.15) is 5.69 Å². The third kappa shape index (κ3) is 4.36. The van der Waals surface area contributed by atoms with Gasteiger partial charge < -0.3 is 16.0 Å². The minimum absolute atomic E-state index is 0.0636. The first kappa shape index (κ1) is 22.7. The number of primary amides is 1. The first-order valence-corrected chi connectivity index (χ1v) is 10.7. The summed E-state index contributed by atoms with van der Waals surface area (Å²) < 4.78 is 15.4. The quantitative estimate of drug-likeness (QED) is 0.453. The van der Waals surface area contributed by atoms with Gasteiger partial charge in [-0.2, -0.15) is 5.10 Å². The van der Waals surface area contributed by atoms with Gasteiger partial charge in [0.25, 0.3) is 5.91 Å². The minimum atomic E-state index is -0.773. The average molecular weight is 517 g/mol. The summed E-state index contributed by atoms with van der Waals surface area (Å²) in [5.74, 6) is -1.52. The van der Waals surface area contributed by atoms with Crippen LogP contribution >= 0.6 is 46.4 Å². The van der Waals surface area contributed by atoms with E-state index in [1.807, 2.05) is 0 Å². The van der Waals surface area contributed by atoms with E-state index in [1.165, 1.54) is 17.0 Å². The van der Waals surface area contributed by atoms with Crippen LogP contribution in [0.1, 0.15) is 16.1 Å². The van der Waals surface area contributed by atoms with E-state index in [-0.39, 0.29) is 27.8 Å². The molecule has 166 valence electrons. The van der Waals surface area contributed by atoms with Crippen LogP contribution in [-0.4, -0.2) is 33.2 Å². The van der Waals surface area contributed by atoms with Crippen molar-refractivity contribution < 1.29 is 14.0 Å². The molecule has 0 fully saturated rings. The van der Waals surface area contributed by atoms with E-state index in [0.717, 1.165) is 0 Å². The summed E-state index contributed by atoms with van der Waals surface area (Å²) in [7, 11) is 0. The predicted molar refractivity (Wildman–Crippen MR) is 122 cm³/mol. The first-order valence-electron chi connectivity index (χ1n) is 9.20. The average Bonchev–Trinajstić information content (AvgIpc) is 3.09. The Morgan fingerprint density at radius 3 is 2.22 bits per heavy atom. The Hall–Kier alpha value is -2.52. The van der Waals surface area contributed by atoms with Crippen LogP contribution in [0.25, 0.3) is 11.3 Å². The molecule has 32 heavy (non-hydrogen) atoms. The maximum atomic E-state index is 13.8. The van der Waals surface area contributed by atoms with Crippen molar-refractivity contribution in [3.8, 4) is 11.3 Å². The van der Waals surface area contributed by atoms with E-state index in [0.29, 0.717) is 40.1 Å². The Labute approximate surface area is 201 Å². The van der Waals surface area contributed by atoms with Crippen molar-refractivity contribution in [2.45, 2.75) is 13.1 Å². The van der Waals surface area contributed by atoms with E-state index in [9.17, 15) is 14.0 Å². The van der Waals surface area contributed by atoms with E-state index >= 15 is 0 Å². The lowest BCUT2D eigenvalue weighted by Gasteiger charge is -2.28. The van der Waals surface area contributed by atoms with E-state index in [1.54, 1.807) is 22.9 Å². The molecule has 2 aromatic carbocycles. The molecule has 0 atom stereocenters. The van der Waals surface area contributed by atoms with Gasteiger partial charge in [-0.25, -0.2) is 9.18 Å².